The van der Waals surface area contributed by atoms with Crippen LogP contribution >= 0.6 is 12.2 Å². The standard InChI is InChI=1S/C23H23N3O3S/c1-4-21(27)24-17-7-9-18(10-8-17)25-23(30)26-22(28)20-12-11-19(29-20)16-6-5-14(2)15(3)13-16/h5-13H,4H2,1-3H3,(H,24,27)(H2,25,26,28,30). The van der Waals surface area contributed by atoms with Crippen molar-refractivity contribution in [2.24, 2.45) is 0 Å². The van der Waals surface area contributed by atoms with Crippen LogP contribution in [-0.4, -0.2) is 16.9 Å². The minimum atomic E-state index is -0.436. The molecule has 0 aliphatic heterocycles. The molecule has 1 heterocycles. The number of benzene rings is 2. The van der Waals surface area contributed by atoms with Crippen molar-refractivity contribution in [3.63, 3.8) is 0 Å². The molecule has 0 aliphatic rings. The minimum Gasteiger partial charge on any atom is -0.451 e. The lowest BCUT2D eigenvalue weighted by Gasteiger charge is -2.10. The molecule has 0 spiro atoms. The van der Waals surface area contributed by atoms with Gasteiger partial charge in [0.25, 0.3) is 5.91 Å². The lowest BCUT2D eigenvalue weighted by atomic mass is 10.1. The number of hydrogen-bond donors (Lipinski definition) is 3. The summed E-state index contributed by atoms with van der Waals surface area (Å²) >= 11 is 5.21. The quantitative estimate of drug-likeness (QED) is 0.503. The van der Waals surface area contributed by atoms with Crippen LogP contribution in [0.3, 0.4) is 0 Å². The third-order valence-corrected chi connectivity index (χ3v) is 4.80. The van der Waals surface area contributed by atoms with Gasteiger partial charge in [-0.25, -0.2) is 0 Å². The molecule has 2 aromatic carbocycles. The van der Waals surface area contributed by atoms with Crippen LogP contribution < -0.4 is 16.0 Å². The summed E-state index contributed by atoms with van der Waals surface area (Å²) in [5, 5.41) is 8.45. The number of carbonyl (C=O) groups excluding carboxylic acids is 2. The first-order valence-electron chi connectivity index (χ1n) is 9.55. The number of thiocarbonyl (C=S) groups is 1. The van der Waals surface area contributed by atoms with Crippen molar-refractivity contribution in [3.05, 3.63) is 71.5 Å². The molecule has 0 fully saturated rings. The van der Waals surface area contributed by atoms with E-state index in [9.17, 15) is 9.59 Å². The van der Waals surface area contributed by atoms with Crippen LogP contribution in [0.2, 0.25) is 0 Å². The van der Waals surface area contributed by atoms with Gasteiger partial charge in [0.2, 0.25) is 5.91 Å². The molecule has 0 atom stereocenters. The van der Waals surface area contributed by atoms with Gasteiger partial charge in [-0.3, -0.25) is 14.9 Å². The predicted octanol–water partition coefficient (Wildman–Crippen LogP) is 5.04. The van der Waals surface area contributed by atoms with Crippen molar-refractivity contribution in [3.8, 4) is 11.3 Å². The van der Waals surface area contributed by atoms with Gasteiger partial charge in [-0.15, -0.1) is 0 Å². The van der Waals surface area contributed by atoms with E-state index in [2.05, 4.69) is 16.0 Å². The lowest BCUT2D eigenvalue weighted by molar-refractivity contribution is -0.115. The molecular weight excluding hydrogens is 398 g/mol. The topological polar surface area (TPSA) is 83.4 Å². The molecule has 3 N–H and O–H groups in total. The number of carbonyl (C=O) groups is 2. The van der Waals surface area contributed by atoms with Crippen molar-refractivity contribution in [2.75, 3.05) is 10.6 Å². The van der Waals surface area contributed by atoms with Crippen LogP contribution in [0, 0.1) is 13.8 Å². The maximum atomic E-state index is 12.4. The molecule has 0 saturated heterocycles. The fourth-order valence-electron chi connectivity index (χ4n) is 2.72. The number of nitrogens with one attached hydrogen (secondary N) is 3. The van der Waals surface area contributed by atoms with Gasteiger partial charge >= 0.3 is 0 Å². The average Bonchev–Trinajstić information content (AvgIpc) is 3.22. The summed E-state index contributed by atoms with van der Waals surface area (Å²) in [6.07, 6.45) is 0.411. The largest absolute Gasteiger partial charge is 0.451 e. The molecule has 1 aromatic heterocycles. The average molecular weight is 422 g/mol. The van der Waals surface area contributed by atoms with Crippen LogP contribution in [0.1, 0.15) is 35.0 Å². The predicted molar refractivity (Wildman–Crippen MR) is 123 cm³/mol. The summed E-state index contributed by atoms with van der Waals surface area (Å²) in [6, 6.07) is 16.4. The van der Waals surface area contributed by atoms with Crippen molar-refractivity contribution in [1.29, 1.82) is 0 Å². The molecule has 154 valence electrons. The summed E-state index contributed by atoms with van der Waals surface area (Å²) in [5.41, 5.74) is 4.64. The molecule has 30 heavy (non-hydrogen) atoms. The Morgan fingerprint density at radius 1 is 0.900 bits per heavy atom. The number of amides is 2. The summed E-state index contributed by atoms with van der Waals surface area (Å²) < 4.78 is 5.70. The van der Waals surface area contributed by atoms with E-state index >= 15 is 0 Å². The van der Waals surface area contributed by atoms with Crippen molar-refractivity contribution >= 4 is 40.5 Å². The maximum absolute atomic E-state index is 12.4. The van der Waals surface area contributed by atoms with Gasteiger partial charge in [-0.1, -0.05) is 19.1 Å². The van der Waals surface area contributed by atoms with E-state index in [1.165, 1.54) is 5.56 Å². The van der Waals surface area contributed by atoms with Crippen LogP contribution in [0.4, 0.5) is 11.4 Å². The first kappa shape index (κ1) is 21.3. The highest BCUT2D eigenvalue weighted by atomic mass is 32.1. The van der Waals surface area contributed by atoms with Crippen LogP contribution in [0.15, 0.2) is 59.0 Å². The molecule has 7 heteroatoms. The molecule has 3 rings (SSSR count). The fourth-order valence-corrected chi connectivity index (χ4v) is 2.93. The van der Waals surface area contributed by atoms with E-state index in [0.717, 1.165) is 11.1 Å². The molecule has 0 bridgehead atoms. The number of anilines is 2. The Bertz CT molecular complexity index is 1090. The molecule has 0 unspecified atom stereocenters. The number of aryl methyl sites for hydroxylation is 2. The molecular formula is C23H23N3O3S. The molecule has 6 nitrogen and oxygen atoms in total. The van der Waals surface area contributed by atoms with Gasteiger partial charge in [0.05, 0.1) is 0 Å². The zero-order valence-electron chi connectivity index (χ0n) is 17.0. The lowest BCUT2D eigenvalue weighted by Crippen LogP contribution is -2.33. The SMILES string of the molecule is CCC(=O)Nc1ccc(NC(=S)NC(=O)c2ccc(-c3ccc(C)c(C)c3)o2)cc1. The van der Waals surface area contributed by atoms with Crippen molar-refractivity contribution in [2.45, 2.75) is 27.2 Å². The van der Waals surface area contributed by atoms with E-state index in [4.69, 9.17) is 16.6 Å². The summed E-state index contributed by atoms with van der Waals surface area (Å²) in [6.45, 7) is 5.86. The molecule has 0 saturated carbocycles. The van der Waals surface area contributed by atoms with Gasteiger partial charge in [-0.2, -0.15) is 0 Å². The Labute approximate surface area is 180 Å². The maximum Gasteiger partial charge on any atom is 0.293 e. The van der Waals surface area contributed by atoms with Crippen molar-refractivity contribution in [1.82, 2.24) is 5.32 Å². The normalized spacial score (nSPS) is 10.4. The van der Waals surface area contributed by atoms with Gasteiger partial charge in [-0.05, 0) is 79.7 Å². The Kier molecular flexibility index (Phi) is 6.64. The third kappa shape index (κ3) is 5.33. The molecule has 2 amide bonds. The van der Waals surface area contributed by atoms with Gasteiger partial charge in [0.1, 0.15) is 5.76 Å². The Morgan fingerprint density at radius 2 is 1.57 bits per heavy atom. The van der Waals surface area contributed by atoms with Gasteiger partial charge in [0, 0.05) is 23.4 Å². The van der Waals surface area contributed by atoms with Gasteiger partial charge < -0.3 is 15.1 Å². The third-order valence-electron chi connectivity index (χ3n) is 4.60. The van der Waals surface area contributed by atoms with Crippen LogP contribution in [0.25, 0.3) is 11.3 Å². The summed E-state index contributed by atoms with van der Waals surface area (Å²) in [7, 11) is 0. The van der Waals surface area contributed by atoms with Crippen molar-refractivity contribution < 1.29 is 14.0 Å². The van der Waals surface area contributed by atoms with E-state index in [1.54, 1.807) is 43.3 Å². The first-order valence-corrected chi connectivity index (χ1v) is 9.96. The molecule has 0 aliphatic carbocycles. The monoisotopic (exact) mass is 421 g/mol. The van der Waals surface area contributed by atoms with Gasteiger partial charge in [0.15, 0.2) is 10.9 Å². The number of furan rings is 1. The highest BCUT2D eigenvalue weighted by molar-refractivity contribution is 7.80. The van der Waals surface area contributed by atoms with E-state index < -0.39 is 5.91 Å². The summed E-state index contributed by atoms with van der Waals surface area (Å²) in [4.78, 5) is 23.9. The zero-order valence-corrected chi connectivity index (χ0v) is 17.9. The second-order valence-electron chi connectivity index (χ2n) is 6.85. The van der Waals surface area contributed by atoms with E-state index in [-0.39, 0.29) is 16.8 Å². The highest BCUT2D eigenvalue weighted by Crippen LogP contribution is 2.24. The van der Waals surface area contributed by atoms with E-state index in [1.807, 2.05) is 32.0 Å². The first-order chi connectivity index (χ1) is 14.4. The number of rotatable bonds is 5. The fraction of sp³-hybridized carbons (Fsp3) is 0.174. The minimum absolute atomic E-state index is 0.0582. The second kappa shape index (κ2) is 9.37. The molecule has 3 aromatic rings. The Balaban J connectivity index is 1.59. The second-order valence-corrected chi connectivity index (χ2v) is 7.26. The zero-order chi connectivity index (χ0) is 21.7. The smallest absolute Gasteiger partial charge is 0.293 e. The number of hydrogen-bond acceptors (Lipinski definition) is 4. The van der Waals surface area contributed by atoms with E-state index in [0.29, 0.717) is 23.6 Å². The Hall–Kier alpha value is -3.45. The Morgan fingerprint density at radius 3 is 2.20 bits per heavy atom. The molecule has 0 radical (unpaired) electrons. The van der Waals surface area contributed by atoms with Crippen LogP contribution in [-0.2, 0) is 4.79 Å². The highest BCUT2D eigenvalue weighted by Gasteiger charge is 2.14. The van der Waals surface area contributed by atoms with Crippen LogP contribution in [0.5, 0.6) is 0 Å². The summed E-state index contributed by atoms with van der Waals surface area (Å²) in [5.74, 6) is 0.295.